The van der Waals surface area contributed by atoms with Gasteiger partial charge in [-0.25, -0.2) is 0 Å². The first-order valence-electron chi connectivity index (χ1n) is 6.57. The summed E-state index contributed by atoms with van der Waals surface area (Å²) in [6.07, 6.45) is 6.07. The lowest BCUT2D eigenvalue weighted by Gasteiger charge is -2.15. The summed E-state index contributed by atoms with van der Waals surface area (Å²) in [5.41, 5.74) is 0. The number of hydrogen-bond acceptors (Lipinski definition) is 1. The predicted octanol–water partition coefficient (Wildman–Crippen LogP) is 3.73. The summed E-state index contributed by atoms with van der Waals surface area (Å²) in [4.78, 5) is 11.8. The Labute approximate surface area is 105 Å². The summed E-state index contributed by atoms with van der Waals surface area (Å²) in [7, 11) is 0. The van der Waals surface area contributed by atoms with Crippen LogP contribution >= 0.6 is 11.6 Å². The summed E-state index contributed by atoms with van der Waals surface area (Å²) >= 11 is 5.99. The SMILES string of the molecule is CCCCC(CC)C(=O)NCCC(Cl)CC. The maximum absolute atomic E-state index is 11.8. The van der Waals surface area contributed by atoms with Crippen molar-refractivity contribution in [1.29, 1.82) is 0 Å². The number of carbonyl (C=O) groups is 1. The van der Waals surface area contributed by atoms with Gasteiger partial charge in [0.15, 0.2) is 0 Å². The van der Waals surface area contributed by atoms with Gasteiger partial charge in [0.2, 0.25) is 5.91 Å². The van der Waals surface area contributed by atoms with E-state index in [0.29, 0.717) is 6.54 Å². The molecule has 0 rings (SSSR count). The van der Waals surface area contributed by atoms with Gasteiger partial charge < -0.3 is 5.32 Å². The lowest BCUT2D eigenvalue weighted by Crippen LogP contribution is -2.32. The smallest absolute Gasteiger partial charge is 0.223 e. The molecule has 0 aromatic carbocycles. The average Bonchev–Trinajstić information content (AvgIpc) is 2.29. The van der Waals surface area contributed by atoms with Gasteiger partial charge in [-0.3, -0.25) is 4.79 Å². The fourth-order valence-corrected chi connectivity index (χ4v) is 1.78. The van der Waals surface area contributed by atoms with Crippen molar-refractivity contribution in [2.75, 3.05) is 6.54 Å². The summed E-state index contributed by atoms with van der Waals surface area (Å²) in [6.45, 7) is 7.01. The van der Waals surface area contributed by atoms with E-state index < -0.39 is 0 Å². The van der Waals surface area contributed by atoms with E-state index in [4.69, 9.17) is 11.6 Å². The van der Waals surface area contributed by atoms with Crippen molar-refractivity contribution < 1.29 is 4.79 Å². The zero-order valence-electron chi connectivity index (χ0n) is 10.9. The molecule has 16 heavy (non-hydrogen) atoms. The first-order valence-corrected chi connectivity index (χ1v) is 7.01. The van der Waals surface area contributed by atoms with Crippen LogP contribution in [-0.4, -0.2) is 17.8 Å². The van der Waals surface area contributed by atoms with E-state index in [0.717, 1.165) is 38.5 Å². The number of unbranched alkanes of at least 4 members (excludes halogenated alkanes) is 1. The number of rotatable bonds is 9. The minimum absolute atomic E-state index is 0.190. The van der Waals surface area contributed by atoms with Crippen LogP contribution in [0.15, 0.2) is 0 Å². The van der Waals surface area contributed by atoms with Crippen molar-refractivity contribution in [3.63, 3.8) is 0 Å². The second-order valence-corrected chi connectivity index (χ2v) is 4.95. The molecule has 1 amide bonds. The number of amides is 1. The molecule has 3 heteroatoms. The fourth-order valence-electron chi connectivity index (χ4n) is 1.67. The number of hydrogen-bond donors (Lipinski definition) is 1. The maximum Gasteiger partial charge on any atom is 0.223 e. The largest absolute Gasteiger partial charge is 0.356 e. The van der Waals surface area contributed by atoms with E-state index in [9.17, 15) is 4.79 Å². The van der Waals surface area contributed by atoms with Gasteiger partial charge in [-0.2, -0.15) is 0 Å². The Balaban J connectivity index is 3.74. The van der Waals surface area contributed by atoms with E-state index >= 15 is 0 Å². The molecule has 96 valence electrons. The lowest BCUT2D eigenvalue weighted by molar-refractivity contribution is -0.125. The molecule has 2 atom stereocenters. The monoisotopic (exact) mass is 247 g/mol. The van der Waals surface area contributed by atoms with Gasteiger partial charge in [0.1, 0.15) is 0 Å². The molecular formula is C13H26ClNO. The molecule has 0 aliphatic carbocycles. The highest BCUT2D eigenvalue weighted by Crippen LogP contribution is 2.12. The second-order valence-electron chi connectivity index (χ2n) is 4.33. The third kappa shape index (κ3) is 7.10. The second kappa shape index (κ2) is 9.95. The van der Waals surface area contributed by atoms with E-state index in [2.05, 4.69) is 26.1 Å². The zero-order valence-corrected chi connectivity index (χ0v) is 11.6. The van der Waals surface area contributed by atoms with Crippen LogP contribution in [0.3, 0.4) is 0 Å². The molecule has 0 aliphatic heterocycles. The first-order chi connectivity index (χ1) is 7.65. The number of halogens is 1. The summed E-state index contributed by atoms with van der Waals surface area (Å²) in [5, 5.41) is 3.18. The standard InChI is InChI=1S/C13H26ClNO/c1-4-7-8-11(5-2)13(16)15-10-9-12(14)6-3/h11-12H,4-10H2,1-3H3,(H,15,16). The third-order valence-corrected chi connectivity index (χ3v) is 3.50. The highest BCUT2D eigenvalue weighted by Gasteiger charge is 2.15. The van der Waals surface area contributed by atoms with Crippen LogP contribution in [0.2, 0.25) is 0 Å². The Morgan fingerprint density at radius 2 is 1.88 bits per heavy atom. The van der Waals surface area contributed by atoms with Crippen molar-refractivity contribution in [2.45, 2.75) is 64.7 Å². The Bertz CT molecular complexity index is 185. The van der Waals surface area contributed by atoms with Crippen LogP contribution in [0.25, 0.3) is 0 Å². The molecule has 0 saturated carbocycles. The number of alkyl halides is 1. The van der Waals surface area contributed by atoms with E-state index in [1.54, 1.807) is 0 Å². The number of carbonyl (C=O) groups excluding carboxylic acids is 1. The topological polar surface area (TPSA) is 29.1 Å². The molecule has 0 fully saturated rings. The molecule has 0 heterocycles. The number of nitrogens with one attached hydrogen (secondary N) is 1. The van der Waals surface area contributed by atoms with Gasteiger partial charge in [0.25, 0.3) is 0 Å². The van der Waals surface area contributed by atoms with Crippen molar-refractivity contribution in [3.8, 4) is 0 Å². The van der Waals surface area contributed by atoms with Crippen molar-refractivity contribution in [2.24, 2.45) is 5.92 Å². The minimum atomic E-state index is 0.190. The van der Waals surface area contributed by atoms with Crippen LogP contribution in [-0.2, 0) is 4.79 Å². The Morgan fingerprint density at radius 1 is 1.19 bits per heavy atom. The highest BCUT2D eigenvalue weighted by molar-refractivity contribution is 6.20. The predicted molar refractivity (Wildman–Crippen MR) is 70.9 cm³/mol. The van der Waals surface area contributed by atoms with Crippen LogP contribution < -0.4 is 5.32 Å². The van der Waals surface area contributed by atoms with Gasteiger partial charge in [0.05, 0.1) is 0 Å². The minimum Gasteiger partial charge on any atom is -0.356 e. The van der Waals surface area contributed by atoms with E-state index in [-0.39, 0.29) is 17.2 Å². The van der Waals surface area contributed by atoms with Crippen LogP contribution in [0.1, 0.15) is 59.3 Å². The molecular weight excluding hydrogens is 222 g/mol. The summed E-state index contributed by atoms with van der Waals surface area (Å²) in [5.74, 6) is 0.395. The maximum atomic E-state index is 11.8. The van der Waals surface area contributed by atoms with Crippen molar-refractivity contribution in [1.82, 2.24) is 5.32 Å². The average molecular weight is 248 g/mol. The quantitative estimate of drug-likeness (QED) is 0.618. The normalized spacial score (nSPS) is 14.5. The lowest BCUT2D eigenvalue weighted by atomic mass is 9.98. The summed E-state index contributed by atoms with van der Waals surface area (Å²) < 4.78 is 0. The van der Waals surface area contributed by atoms with E-state index in [1.807, 2.05) is 0 Å². The Morgan fingerprint density at radius 3 is 2.38 bits per heavy atom. The molecule has 0 radical (unpaired) electrons. The molecule has 2 nitrogen and oxygen atoms in total. The van der Waals surface area contributed by atoms with Gasteiger partial charge in [-0.1, -0.05) is 33.6 Å². The molecule has 0 bridgehead atoms. The molecule has 0 aromatic rings. The fraction of sp³-hybridized carbons (Fsp3) is 0.923. The first kappa shape index (κ1) is 15.8. The zero-order chi connectivity index (χ0) is 12.4. The molecule has 0 saturated heterocycles. The molecule has 0 aromatic heterocycles. The van der Waals surface area contributed by atoms with Gasteiger partial charge in [-0.05, 0) is 25.7 Å². The Hall–Kier alpha value is -0.240. The van der Waals surface area contributed by atoms with Crippen LogP contribution in [0, 0.1) is 5.92 Å². The highest BCUT2D eigenvalue weighted by atomic mass is 35.5. The van der Waals surface area contributed by atoms with E-state index in [1.165, 1.54) is 0 Å². The third-order valence-electron chi connectivity index (χ3n) is 2.97. The summed E-state index contributed by atoms with van der Waals surface area (Å²) in [6, 6.07) is 0. The van der Waals surface area contributed by atoms with Crippen LogP contribution in [0.4, 0.5) is 0 Å². The van der Waals surface area contributed by atoms with Crippen molar-refractivity contribution in [3.05, 3.63) is 0 Å². The van der Waals surface area contributed by atoms with Gasteiger partial charge in [0, 0.05) is 17.8 Å². The van der Waals surface area contributed by atoms with Gasteiger partial charge >= 0.3 is 0 Å². The molecule has 0 aliphatic rings. The molecule has 1 N–H and O–H groups in total. The van der Waals surface area contributed by atoms with Crippen LogP contribution in [0.5, 0.6) is 0 Å². The molecule has 0 spiro atoms. The Kier molecular flexibility index (Phi) is 9.80. The van der Waals surface area contributed by atoms with Gasteiger partial charge in [-0.15, -0.1) is 11.6 Å². The molecule has 2 unspecified atom stereocenters. The van der Waals surface area contributed by atoms with Crippen molar-refractivity contribution >= 4 is 17.5 Å².